The van der Waals surface area contributed by atoms with E-state index in [1.807, 2.05) is 6.92 Å². The zero-order chi connectivity index (χ0) is 14.8. The number of urea groups is 1. The van der Waals surface area contributed by atoms with E-state index in [0.29, 0.717) is 6.42 Å². The number of hydrogen-bond donors (Lipinski definition) is 1. The van der Waals surface area contributed by atoms with E-state index in [9.17, 15) is 9.59 Å². The number of carbonyl (C=O) groups excluding carboxylic acids is 2. The molecule has 6 nitrogen and oxygen atoms in total. The fourth-order valence-electron chi connectivity index (χ4n) is 1.83. The summed E-state index contributed by atoms with van der Waals surface area (Å²) in [7, 11) is 1.59. The number of nitrogens with one attached hydrogen (secondary N) is 1. The number of imide groups is 1. The van der Waals surface area contributed by atoms with Crippen molar-refractivity contribution in [2.24, 2.45) is 5.10 Å². The molecule has 106 valence electrons. The average Bonchev–Trinajstić information content (AvgIpc) is 2.68. The number of carbonyl (C=O) groups is 2. The maximum absolute atomic E-state index is 12.1. The molecule has 1 saturated heterocycles. The van der Waals surface area contributed by atoms with Crippen LogP contribution in [0.4, 0.5) is 4.79 Å². The first-order valence-electron chi connectivity index (χ1n) is 6.35. The van der Waals surface area contributed by atoms with Crippen molar-refractivity contribution in [3.05, 3.63) is 29.8 Å². The van der Waals surface area contributed by atoms with Crippen LogP contribution in [0.2, 0.25) is 0 Å². The van der Waals surface area contributed by atoms with Gasteiger partial charge in [-0.2, -0.15) is 5.10 Å². The minimum Gasteiger partial charge on any atom is -0.497 e. The average molecular weight is 275 g/mol. The highest BCUT2D eigenvalue weighted by molar-refractivity contribution is 6.07. The van der Waals surface area contributed by atoms with Crippen LogP contribution in [-0.2, 0) is 4.79 Å². The molecule has 1 aromatic rings. The van der Waals surface area contributed by atoms with E-state index in [4.69, 9.17) is 4.74 Å². The highest BCUT2D eigenvalue weighted by Gasteiger charge is 2.46. The van der Waals surface area contributed by atoms with E-state index < -0.39 is 11.6 Å². The van der Waals surface area contributed by atoms with Gasteiger partial charge in [-0.15, -0.1) is 5.01 Å². The lowest BCUT2D eigenvalue weighted by molar-refractivity contribution is -0.130. The zero-order valence-electron chi connectivity index (χ0n) is 11.7. The van der Waals surface area contributed by atoms with Gasteiger partial charge in [0.15, 0.2) is 0 Å². The summed E-state index contributed by atoms with van der Waals surface area (Å²) >= 11 is 0. The first kappa shape index (κ1) is 14.0. The number of benzene rings is 1. The first-order chi connectivity index (χ1) is 9.50. The van der Waals surface area contributed by atoms with Crippen molar-refractivity contribution >= 4 is 18.2 Å². The molecule has 0 aromatic heterocycles. The Balaban J connectivity index is 2.14. The second kappa shape index (κ2) is 5.32. The van der Waals surface area contributed by atoms with Gasteiger partial charge in [0.25, 0.3) is 5.91 Å². The van der Waals surface area contributed by atoms with Gasteiger partial charge in [-0.1, -0.05) is 6.92 Å². The van der Waals surface area contributed by atoms with E-state index in [1.165, 1.54) is 6.21 Å². The summed E-state index contributed by atoms with van der Waals surface area (Å²) in [6, 6.07) is 6.65. The Labute approximate surface area is 117 Å². The molecule has 1 aliphatic rings. The standard InChI is InChI=1S/C14H17N3O3/c1-4-14(2)12(18)17(13(19)16-14)15-9-10-5-7-11(20-3)8-6-10/h5-9H,4H2,1-3H3,(H,16,19). The molecule has 0 spiro atoms. The third-order valence-corrected chi connectivity index (χ3v) is 3.38. The minimum absolute atomic E-state index is 0.338. The Hall–Kier alpha value is -2.37. The second-order valence-corrected chi connectivity index (χ2v) is 4.75. The van der Waals surface area contributed by atoms with Crippen LogP contribution in [-0.4, -0.2) is 35.8 Å². The summed E-state index contributed by atoms with van der Waals surface area (Å²) < 4.78 is 5.05. The van der Waals surface area contributed by atoms with Crippen molar-refractivity contribution in [1.29, 1.82) is 0 Å². The smallest absolute Gasteiger partial charge is 0.346 e. The molecule has 1 N–H and O–H groups in total. The molecule has 0 bridgehead atoms. The van der Waals surface area contributed by atoms with Gasteiger partial charge in [0, 0.05) is 0 Å². The third-order valence-electron chi connectivity index (χ3n) is 3.38. The largest absolute Gasteiger partial charge is 0.497 e. The van der Waals surface area contributed by atoms with E-state index in [-0.39, 0.29) is 5.91 Å². The van der Waals surface area contributed by atoms with Gasteiger partial charge >= 0.3 is 6.03 Å². The van der Waals surface area contributed by atoms with Crippen LogP contribution in [0.15, 0.2) is 29.4 Å². The predicted molar refractivity (Wildman–Crippen MR) is 74.7 cm³/mol. The fraction of sp³-hybridized carbons (Fsp3) is 0.357. The van der Waals surface area contributed by atoms with Crippen molar-refractivity contribution in [1.82, 2.24) is 10.3 Å². The van der Waals surface area contributed by atoms with Crippen molar-refractivity contribution < 1.29 is 14.3 Å². The van der Waals surface area contributed by atoms with Gasteiger partial charge < -0.3 is 10.1 Å². The normalized spacial score (nSPS) is 22.4. The topological polar surface area (TPSA) is 71.0 Å². The number of methoxy groups -OCH3 is 1. The monoisotopic (exact) mass is 275 g/mol. The Kier molecular flexibility index (Phi) is 3.74. The first-order valence-corrected chi connectivity index (χ1v) is 6.35. The highest BCUT2D eigenvalue weighted by atomic mass is 16.5. The van der Waals surface area contributed by atoms with Crippen molar-refractivity contribution in [3.63, 3.8) is 0 Å². The summed E-state index contributed by atoms with van der Waals surface area (Å²) in [4.78, 5) is 23.8. The molecular weight excluding hydrogens is 258 g/mol. The van der Waals surface area contributed by atoms with Crippen LogP contribution < -0.4 is 10.1 Å². The molecule has 0 saturated carbocycles. The number of ether oxygens (including phenoxy) is 1. The molecule has 1 heterocycles. The van der Waals surface area contributed by atoms with Crippen LogP contribution in [0.1, 0.15) is 25.8 Å². The van der Waals surface area contributed by atoms with Crippen LogP contribution >= 0.6 is 0 Å². The summed E-state index contributed by atoms with van der Waals surface area (Å²) in [5, 5.41) is 7.47. The lowest BCUT2D eigenvalue weighted by atomic mass is 10.00. The van der Waals surface area contributed by atoms with Gasteiger partial charge in [0.05, 0.1) is 13.3 Å². The SMILES string of the molecule is CCC1(C)NC(=O)N(N=Cc2ccc(OC)cc2)C1=O. The fourth-order valence-corrected chi connectivity index (χ4v) is 1.83. The van der Waals surface area contributed by atoms with Crippen LogP contribution in [0.5, 0.6) is 5.75 Å². The molecule has 3 amide bonds. The summed E-state index contributed by atoms with van der Waals surface area (Å²) in [5.41, 5.74) is -0.0922. The molecule has 0 radical (unpaired) electrons. The molecule has 1 aliphatic heterocycles. The summed E-state index contributed by atoms with van der Waals surface area (Å²) in [6.07, 6.45) is 1.99. The Morgan fingerprint density at radius 1 is 1.35 bits per heavy atom. The van der Waals surface area contributed by atoms with Gasteiger partial charge in [-0.05, 0) is 43.2 Å². The minimum atomic E-state index is -0.867. The Morgan fingerprint density at radius 3 is 2.50 bits per heavy atom. The molecule has 1 unspecified atom stereocenters. The Bertz CT molecular complexity index is 553. The molecule has 6 heteroatoms. The lowest BCUT2D eigenvalue weighted by Gasteiger charge is -2.17. The quantitative estimate of drug-likeness (QED) is 0.672. The van der Waals surface area contributed by atoms with Gasteiger partial charge in [0.2, 0.25) is 0 Å². The number of amides is 3. The molecule has 20 heavy (non-hydrogen) atoms. The molecule has 1 aromatic carbocycles. The highest BCUT2D eigenvalue weighted by Crippen LogP contribution is 2.21. The Morgan fingerprint density at radius 2 is 2.00 bits per heavy atom. The van der Waals surface area contributed by atoms with Gasteiger partial charge in [-0.25, -0.2) is 4.79 Å². The third kappa shape index (κ3) is 2.49. The zero-order valence-corrected chi connectivity index (χ0v) is 11.7. The van der Waals surface area contributed by atoms with Crippen molar-refractivity contribution in [3.8, 4) is 5.75 Å². The van der Waals surface area contributed by atoms with Gasteiger partial charge in [0.1, 0.15) is 11.3 Å². The van der Waals surface area contributed by atoms with Crippen LogP contribution in [0, 0.1) is 0 Å². The van der Waals surface area contributed by atoms with E-state index in [0.717, 1.165) is 16.3 Å². The van der Waals surface area contributed by atoms with E-state index in [2.05, 4.69) is 10.4 Å². The van der Waals surface area contributed by atoms with Crippen molar-refractivity contribution in [2.45, 2.75) is 25.8 Å². The molecular formula is C14H17N3O3. The maximum Gasteiger partial charge on any atom is 0.346 e. The van der Waals surface area contributed by atoms with Gasteiger partial charge in [-0.3, -0.25) is 4.79 Å². The summed E-state index contributed by atoms with van der Waals surface area (Å²) in [6.45, 7) is 3.53. The van der Waals surface area contributed by atoms with Crippen molar-refractivity contribution in [2.75, 3.05) is 7.11 Å². The van der Waals surface area contributed by atoms with E-state index >= 15 is 0 Å². The lowest BCUT2D eigenvalue weighted by Crippen LogP contribution is -2.42. The number of rotatable bonds is 4. The maximum atomic E-state index is 12.1. The molecule has 0 aliphatic carbocycles. The molecule has 1 atom stereocenters. The van der Waals surface area contributed by atoms with Crippen LogP contribution in [0.25, 0.3) is 0 Å². The van der Waals surface area contributed by atoms with Crippen LogP contribution in [0.3, 0.4) is 0 Å². The van der Waals surface area contributed by atoms with E-state index in [1.54, 1.807) is 38.3 Å². The number of hydrogen-bond acceptors (Lipinski definition) is 4. The number of hydrazone groups is 1. The number of nitrogens with zero attached hydrogens (tertiary/aromatic N) is 2. The molecule has 2 rings (SSSR count). The molecule has 1 fully saturated rings. The predicted octanol–water partition coefficient (Wildman–Crippen LogP) is 1.75. The summed E-state index contributed by atoms with van der Waals surface area (Å²) in [5.74, 6) is 0.394. The second-order valence-electron chi connectivity index (χ2n) is 4.75.